The summed E-state index contributed by atoms with van der Waals surface area (Å²) in [6.07, 6.45) is 7.77. The molecule has 1 nitrogen and oxygen atoms in total. The maximum Gasteiger partial charge on any atom is 0.0896 e. The van der Waals surface area contributed by atoms with Gasteiger partial charge in [-0.15, -0.1) is 0 Å². The minimum Gasteiger partial charge on any atom is -0.324 e. The highest BCUT2D eigenvalue weighted by atomic mass is 35.5. The van der Waals surface area contributed by atoms with Crippen LogP contribution in [-0.2, 0) is 0 Å². The van der Waals surface area contributed by atoms with Gasteiger partial charge < -0.3 is 4.48 Å². The second kappa shape index (κ2) is 7.03. The summed E-state index contributed by atoms with van der Waals surface area (Å²) in [6.45, 7) is 0. The van der Waals surface area contributed by atoms with Gasteiger partial charge in [-0.25, -0.2) is 0 Å². The zero-order valence-electron chi connectivity index (χ0n) is 15.5. The van der Waals surface area contributed by atoms with Gasteiger partial charge in [0.25, 0.3) is 0 Å². The second-order valence-corrected chi connectivity index (χ2v) is 9.22. The van der Waals surface area contributed by atoms with Gasteiger partial charge in [-0.2, -0.15) is 0 Å². The molecule has 2 fully saturated rings. The third-order valence-electron chi connectivity index (χ3n) is 6.54. The Labute approximate surface area is 166 Å². The standard InChI is InChI=1S/C23H26Cl2N/c1-26(2)21-9-10-22(26)12-16(11-21)13-23(17-5-3-7-19(24)14-17)18-6-4-8-20(25)15-18/h3-8,13-16,21-22H,9-12H2,1-2H3/q+1/t21-,22-/m0/s1. The van der Waals surface area contributed by atoms with Crippen LogP contribution in [0.15, 0.2) is 54.6 Å². The lowest BCUT2D eigenvalue weighted by atomic mass is 9.85. The predicted octanol–water partition coefficient (Wildman–Crippen LogP) is 6.44. The third kappa shape index (κ3) is 3.45. The Morgan fingerprint density at radius 1 is 0.885 bits per heavy atom. The lowest BCUT2D eigenvalue weighted by Gasteiger charge is -2.44. The van der Waals surface area contributed by atoms with E-state index in [0.29, 0.717) is 5.92 Å². The summed E-state index contributed by atoms with van der Waals surface area (Å²) in [4.78, 5) is 0. The molecule has 2 aromatic rings. The fraction of sp³-hybridized carbons (Fsp3) is 0.391. The van der Waals surface area contributed by atoms with Crippen LogP contribution in [0.2, 0.25) is 10.0 Å². The van der Waals surface area contributed by atoms with Crippen molar-refractivity contribution >= 4 is 28.8 Å². The summed E-state index contributed by atoms with van der Waals surface area (Å²) in [7, 11) is 4.83. The molecule has 2 bridgehead atoms. The monoisotopic (exact) mass is 386 g/mol. The van der Waals surface area contributed by atoms with Crippen LogP contribution >= 0.6 is 23.2 Å². The zero-order chi connectivity index (χ0) is 18.3. The van der Waals surface area contributed by atoms with Gasteiger partial charge in [-0.1, -0.05) is 53.5 Å². The Hall–Kier alpha value is -1.28. The maximum absolute atomic E-state index is 6.29. The first kappa shape index (κ1) is 18.1. The highest BCUT2D eigenvalue weighted by molar-refractivity contribution is 6.31. The molecule has 0 N–H and O–H groups in total. The molecule has 0 saturated carbocycles. The molecule has 0 unspecified atom stereocenters. The van der Waals surface area contributed by atoms with Crippen molar-refractivity contribution in [2.45, 2.75) is 37.8 Å². The van der Waals surface area contributed by atoms with Gasteiger partial charge in [0.2, 0.25) is 0 Å². The van der Waals surface area contributed by atoms with Gasteiger partial charge in [-0.3, -0.25) is 0 Å². The van der Waals surface area contributed by atoms with Crippen molar-refractivity contribution in [3.8, 4) is 0 Å². The molecule has 4 rings (SSSR count). The molecule has 3 heteroatoms. The van der Waals surface area contributed by atoms with Crippen LogP contribution in [0.25, 0.3) is 5.57 Å². The van der Waals surface area contributed by atoms with E-state index in [9.17, 15) is 0 Å². The third-order valence-corrected chi connectivity index (χ3v) is 7.01. The molecule has 0 amide bonds. The molecule has 2 aliphatic heterocycles. The largest absolute Gasteiger partial charge is 0.324 e. The number of benzene rings is 2. The van der Waals surface area contributed by atoms with E-state index >= 15 is 0 Å². The molecule has 0 aliphatic carbocycles. The molecule has 26 heavy (non-hydrogen) atoms. The lowest BCUT2D eigenvalue weighted by Crippen LogP contribution is -2.54. The summed E-state index contributed by atoms with van der Waals surface area (Å²) in [5, 5.41) is 1.55. The summed E-state index contributed by atoms with van der Waals surface area (Å²) in [6, 6.07) is 17.9. The van der Waals surface area contributed by atoms with E-state index in [0.717, 1.165) is 22.1 Å². The van der Waals surface area contributed by atoms with Gasteiger partial charge in [0.05, 0.1) is 26.2 Å². The van der Waals surface area contributed by atoms with Crippen molar-refractivity contribution in [3.63, 3.8) is 0 Å². The van der Waals surface area contributed by atoms with E-state index in [1.54, 1.807) is 0 Å². The molecule has 136 valence electrons. The van der Waals surface area contributed by atoms with Crippen LogP contribution in [-0.4, -0.2) is 30.7 Å². The molecule has 2 saturated heterocycles. The average molecular weight is 387 g/mol. The summed E-state index contributed by atoms with van der Waals surface area (Å²) in [5.41, 5.74) is 3.60. The number of nitrogens with zero attached hydrogens (tertiary/aromatic N) is 1. The van der Waals surface area contributed by atoms with Crippen LogP contribution < -0.4 is 0 Å². The fourth-order valence-corrected chi connectivity index (χ4v) is 5.35. The molecule has 2 aliphatic rings. The minimum atomic E-state index is 0.617. The van der Waals surface area contributed by atoms with Crippen molar-refractivity contribution in [1.82, 2.24) is 0 Å². The van der Waals surface area contributed by atoms with Crippen LogP contribution in [0.5, 0.6) is 0 Å². The Balaban J connectivity index is 1.73. The smallest absolute Gasteiger partial charge is 0.0896 e. The fourth-order valence-electron chi connectivity index (χ4n) is 4.97. The normalized spacial score (nSPS) is 26.5. The number of halogens is 2. The highest BCUT2D eigenvalue weighted by Crippen LogP contribution is 2.43. The van der Waals surface area contributed by atoms with Crippen LogP contribution in [0.4, 0.5) is 0 Å². The number of fused-ring (bicyclic) bond motifs is 2. The van der Waals surface area contributed by atoms with Crippen molar-refractivity contribution < 1.29 is 4.48 Å². The van der Waals surface area contributed by atoms with Crippen molar-refractivity contribution in [1.29, 1.82) is 0 Å². The quantitative estimate of drug-likeness (QED) is 0.532. The Kier molecular flexibility index (Phi) is 4.90. The van der Waals surface area contributed by atoms with Gasteiger partial charge in [0, 0.05) is 35.7 Å². The molecule has 0 radical (unpaired) electrons. The number of hydrogen-bond donors (Lipinski definition) is 0. The number of quaternary nitrogens is 1. The Bertz CT molecular complexity index is 776. The SMILES string of the molecule is C[N+]1(C)[C@H]2CC[C@H]1CC(C=C(c1cccc(Cl)c1)c1cccc(Cl)c1)C2. The van der Waals surface area contributed by atoms with Crippen LogP contribution in [0.3, 0.4) is 0 Å². The maximum atomic E-state index is 6.29. The van der Waals surface area contributed by atoms with E-state index in [4.69, 9.17) is 23.2 Å². The molecular weight excluding hydrogens is 361 g/mol. The Morgan fingerprint density at radius 2 is 1.38 bits per heavy atom. The van der Waals surface area contributed by atoms with E-state index in [1.807, 2.05) is 24.3 Å². The van der Waals surface area contributed by atoms with E-state index < -0.39 is 0 Å². The predicted molar refractivity (Wildman–Crippen MR) is 112 cm³/mol. The van der Waals surface area contributed by atoms with Gasteiger partial charge >= 0.3 is 0 Å². The number of piperidine rings is 1. The van der Waals surface area contributed by atoms with Gasteiger partial charge in [0.1, 0.15) is 0 Å². The first-order valence-corrected chi connectivity index (χ1v) is 10.3. The zero-order valence-corrected chi connectivity index (χ0v) is 17.0. The summed E-state index contributed by atoms with van der Waals surface area (Å²) < 4.78 is 1.20. The number of rotatable bonds is 3. The van der Waals surface area contributed by atoms with Crippen LogP contribution in [0, 0.1) is 5.92 Å². The Morgan fingerprint density at radius 3 is 1.85 bits per heavy atom. The molecule has 2 atom stereocenters. The molecule has 2 aromatic carbocycles. The molecule has 0 aromatic heterocycles. The summed E-state index contributed by atoms with van der Waals surface area (Å²) in [5.74, 6) is 0.617. The molecule has 0 spiro atoms. The average Bonchev–Trinajstić information content (AvgIpc) is 2.77. The summed E-state index contributed by atoms with van der Waals surface area (Å²) >= 11 is 12.6. The lowest BCUT2D eigenvalue weighted by molar-refractivity contribution is -0.931. The topological polar surface area (TPSA) is 0 Å². The molecular formula is C23H26Cl2N+. The van der Waals surface area contributed by atoms with Crippen LogP contribution in [0.1, 0.15) is 36.8 Å². The minimum absolute atomic E-state index is 0.617. The number of allylic oxidation sites excluding steroid dienone is 1. The van der Waals surface area contributed by atoms with Gasteiger partial charge in [0.15, 0.2) is 0 Å². The highest BCUT2D eigenvalue weighted by Gasteiger charge is 2.48. The first-order valence-electron chi connectivity index (χ1n) is 9.50. The number of hydrogen-bond acceptors (Lipinski definition) is 0. The van der Waals surface area contributed by atoms with Gasteiger partial charge in [-0.05, 0) is 46.9 Å². The molecule has 2 heterocycles. The van der Waals surface area contributed by atoms with E-state index in [-0.39, 0.29) is 0 Å². The van der Waals surface area contributed by atoms with Crippen molar-refractivity contribution in [2.24, 2.45) is 5.92 Å². The second-order valence-electron chi connectivity index (χ2n) is 8.35. The van der Waals surface area contributed by atoms with Crippen molar-refractivity contribution in [2.75, 3.05) is 14.1 Å². The van der Waals surface area contributed by atoms with Crippen molar-refractivity contribution in [3.05, 3.63) is 75.8 Å². The first-order chi connectivity index (χ1) is 12.4. The van der Waals surface area contributed by atoms with E-state index in [1.165, 1.54) is 46.9 Å². The van der Waals surface area contributed by atoms with E-state index in [2.05, 4.69) is 44.4 Å².